The third-order valence-corrected chi connectivity index (χ3v) is 6.46. The van der Waals surface area contributed by atoms with Crippen LogP contribution in [0.15, 0.2) is 47.6 Å². The Bertz CT molecular complexity index is 994. The van der Waals surface area contributed by atoms with Gasteiger partial charge in [-0.15, -0.1) is 0 Å². The molecule has 0 saturated heterocycles. The Morgan fingerprint density at radius 2 is 1.21 bits per heavy atom. The molecule has 0 spiro atoms. The molecule has 34 heavy (non-hydrogen) atoms. The highest BCUT2D eigenvalue weighted by Crippen LogP contribution is 2.29. The van der Waals surface area contributed by atoms with Crippen molar-refractivity contribution in [3.63, 3.8) is 0 Å². The van der Waals surface area contributed by atoms with Gasteiger partial charge < -0.3 is 10.6 Å². The number of hydrogen-bond acceptors (Lipinski definition) is 6. The number of nitrogens with zero attached hydrogens (tertiary/aromatic N) is 2. The quantitative estimate of drug-likeness (QED) is 0.342. The first kappa shape index (κ1) is 24.0. The van der Waals surface area contributed by atoms with E-state index < -0.39 is 0 Å². The van der Waals surface area contributed by atoms with Crippen LogP contribution in [-0.2, 0) is 9.59 Å². The lowest BCUT2D eigenvalue weighted by Crippen LogP contribution is -2.34. The number of fused-ring (bicyclic) bond motifs is 1. The molecule has 1 aromatic carbocycles. The third-order valence-electron chi connectivity index (χ3n) is 6.46. The van der Waals surface area contributed by atoms with Gasteiger partial charge in [0.2, 0.25) is 0 Å². The summed E-state index contributed by atoms with van der Waals surface area (Å²) >= 11 is 0. The summed E-state index contributed by atoms with van der Waals surface area (Å²) in [6.07, 6.45) is 8.76. The first-order valence-electron chi connectivity index (χ1n) is 12.2. The Labute approximate surface area is 200 Å². The molecule has 0 unspecified atom stereocenters. The Morgan fingerprint density at radius 1 is 0.676 bits per heavy atom. The second kappa shape index (κ2) is 11.4. The maximum absolute atomic E-state index is 12.4. The van der Waals surface area contributed by atoms with Crippen LogP contribution in [0, 0.1) is 0 Å². The van der Waals surface area contributed by atoms with Gasteiger partial charge in [0.25, 0.3) is 23.6 Å². The average Bonchev–Trinajstić information content (AvgIpc) is 3.25. The largest absolute Gasteiger partial charge is 0.317 e. The van der Waals surface area contributed by atoms with Gasteiger partial charge in [0, 0.05) is 24.2 Å². The molecule has 0 saturated carbocycles. The molecule has 0 radical (unpaired) electrons. The van der Waals surface area contributed by atoms with Gasteiger partial charge in [0.05, 0.1) is 11.1 Å². The molecule has 2 heterocycles. The summed E-state index contributed by atoms with van der Waals surface area (Å²) in [4.78, 5) is 52.1. The van der Waals surface area contributed by atoms with Crippen molar-refractivity contribution in [2.24, 2.45) is 0 Å². The van der Waals surface area contributed by atoms with Crippen LogP contribution in [-0.4, -0.2) is 72.7 Å². The van der Waals surface area contributed by atoms with E-state index in [4.69, 9.17) is 0 Å². The Morgan fingerprint density at radius 3 is 1.76 bits per heavy atom. The van der Waals surface area contributed by atoms with Gasteiger partial charge in [0.1, 0.15) is 0 Å². The van der Waals surface area contributed by atoms with Crippen LogP contribution in [0.25, 0.3) is 0 Å². The van der Waals surface area contributed by atoms with Gasteiger partial charge in [-0.3, -0.25) is 29.0 Å². The number of allylic oxidation sites excluding steroid dienone is 1. The van der Waals surface area contributed by atoms with Gasteiger partial charge in [0.15, 0.2) is 0 Å². The van der Waals surface area contributed by atoms with Crippen LogP contribution in [0.4, 0.5) is 0 Å². The maximum Gasteiger partial charge on any atom is 0.261 e. The molecule has 8 nitrogen and oxygen atoms in total. The predicted molar refractivity (Wildman–Crippen MR) is 128 cm³/mol. The molecule has 4 amide bonds. The summed E-state index contributed by atoms with van der Waals surface area (Å²) < 4.78 is 0. The summed E-state index contributed by atoms with van der Waals surface area (Å²) in [7, 11) is 0. The minimum atomic E-state index is -0.196. The molecule has 180 valence electrons. The van der Waals surface area contributed by atoms with Crippen molar-refractivity contribution < 1.29 is 19.2 Å². The third kappa shape index (κ3) is 5.18. The van der Waals surface area contributed by atoms with Crippen LogP contribution in [0.1, 0.15) is 59.2 Å². The summed E-state index contributed by atoms with van der Waals surface area (Å²) in [5.74, 6) is -0.654. The fourth-order valence-electron chi connectivity index (χ4n) is 4.61. The van der Waals surface area contributed by atoms with Crippen LogP contribution >= 0.6 is 0 Å². The zero-order chi connectivity index (χ0) is 23.9. The summed E-state index contributed by atoms with van der Waals surface area (Å²) in [5.41, 5.74) is 2.26. The van der Waals surface area contributed by atoms with E-state index in [0.717, 1.165) is 58.3 Å². The number of carbonyl (C=O) groups excluding carboxylic acids is 4. The van der Waals surface area contributed by atoms with E-state index in [1.807, 2.05) is 6.08 Å². The molecule has 0 atom stereocenters. The number of benzene rings is 1. The van der Waals surface area contributed by atoms with E-state index in [-0.39, 0.29) is 23.6 Å². The molecule has 0 aromatic heterocycles. The van der Waals surface area contributed by atoms with Crippen LogP contribution in [0.3, 0.4) is 0 Å². The smallest absolute Gasteiger partial charge is 0.261 e. The standard InChI is InChI=1S/C26H32N4O4/c31-23-19-9-1-2-10-20(19)24(32)29(23)17-7-15-27-13-5-6-14-28-16-8-18-30-25(33)21-11-3-4-12-22(21)26(30)34/h1-3,9-11,27-28H,4-8,12-18H2. The Kier molecular flexibility index (Phi) is 8.03. The fourth-order valence-corrected chi connectivity index (χ4v) is 4.61. The van der Waals surface area contributed by atoms with E-state index in [1.165, 1.54) is 9.80 Å². The molecule has 2 aliphatic heterocycles. The van der Waals surface area contributed by atoms with E-state index in [1.54, 1.807) is 30.3 Å². The van der Waals surface area contributed by atoms with Gasteiger partial charge in [-0.05, 0) is 76.8 Å². The van der Waals surface area contributed by atoms with Crippen molar-refractivity contribution in [3.8, 4) is 0 Å². The molecule has 1 aromatic rings. The molecule has 1 aliphatic carbocycles. The number of hydrogen-bond donors (Lipinski definition) is 2. The molecule has 2 N–H and O–H groups in total. The average molecular weight is 465 g/mol. The van der Waals surface area contributed by atoms with Crippen molar-refractivity contribution in [2.45, 2.75) is 38.5 Å². The Hall–Kier alpha value is -3.10. The van der Waals surface area contributed by atoms with E-state index in [2.05, 4.69) is 10.6 Å². The van der Waals surface area contributed by atoms with E-state index >= 15 is 0 Å². The lowest BCUT2D eigenvalue weighted by Gasteiger charge is -2.15. The summed E-state index contributed by atoms with van der Waals surface area (Å²) in [5, 5.41) is 6.74. The van der Waals surface area contributed by atoms with Crippen molar-refractivity contribution in [1.29, 1.82) is 0 Å². The summed E-state index contributed by atoms with van der Waals surface area (Å²) in [6, 6.07) is 6.96. The molecule has 0 fully saturated rings. The highest BCUT2D eigenvalue weighted by Gasteiger charge is 2.37. The highest BCUT2D eigenvalue weighted by molar-refractivity contribution is 6.21. The minimum Gasteiger partial charge on any atom is -0.317 e. The van der Waals surface area contributed by atoms with Crippen LogP contribution < -0.4 is 10.6 Å². The molecule has 3 aliphatic rings. The monoisotopic (exact) mass is 464 g/mol. The number of unbranched alkanes of at least 4 members (excludes halogenated alkanes) is 1. The number of imide groups is 2. The lowest BCUT2D eigenvalue weighted by molar-refractivity contribution is -0.137. The maximum atomic E-state index is 12.4. The topological polar surface area (TPSA) is 98.8 Å². The van der Waals surface area contributed by atoms with Crippen molar-refractivity contribution in [3.05, 3.63) is 58.7 Å². The lowest BCUT2D eigenvalue weighted by atomic mass is 10.00. The Balaban J connectivity index is 0.991. The van der Waals surface area contributed by atoms with Gasteiger partial charge in [-0.25, -0.2) is 0 Å². The fraction of sp³-hybridized carbons (Fsp3) is 0.462. The first-order chi connectivity index (χ1) is 16.6. The van der Waals surface area contributed by atoms with Crippen molar-refractivity contribution in [2.75, 3.05) is 39.3 Å². The highest BCUT2D eigenvalue weighted by atomic mass is 16.2. The van der Waals surface area contributed by atoms with Gasteiger partial charge >= 0.3 is 0 Å². The minimum absolute atomic E-state index is 0.113. The molecular formula is C26H32N4O4. The molecule has 0 bridgehead atoms. The summed E-state index contributed by atoms with van der Waals surface area (Å²) in [6.45, 7) is 4.18. The second-order valence-electron chi connectivity index (χ2n) is 8.82. The molecular weight excluding hydrogens is 432 g/mol. The first-order valence-corrected chi connectivity index (χ1v) is 12.2. The van der Waals surface area contributed by atoms with Gasteiger partial charge in [-0.1, -0.05) is 24.3 Å². The molecule has 8 heteroatoms. The second-order valence-corrected chi connectivity index (χ2v) is 8.82. The zero-order valence-electron chi connectivity index (χ0n) is 19.5. The predicted octanol–water partition coefficient (Wildman–Crippen LogP) is 2.04. The van der Waals surface area contributed by atoms with Crippen LogP contribution in [0.2, 0.25) is 0 Å². The van der Waals surface area contributed by atoms with Crippen LogP contribution in [0.5, 0.6) is 0 Å². The number of nitrogens with one attached hydrogen (secondary N) is 2. The number of amides is 4. The number of carbonyl (C=O) groups is 4. The van der Waals surface area contributed by atoms with Crippen molar-refractivity contribution >= 4 is 23.6 Å². The zero-order valence-corrected chi connectivity index (χ0v) is 19.5. The normalized spacial score (nSPS) is 17.3. The van der Waals surface area contributed by atoms with E-state index in [9.17, 15) is 19.2 Å². The molecule has 4 rings (SSSR count). The van der Waals surface area contributed by atoms with Gasteiger partial charge in [-0.2, -0.15) is 0 Å². The van der Waals surface area contributed by atoms with E-state index in [0.29, 0.717) is 41.8 Å². The number of rotatable bonds is 13. The van der Waals surface area contributed by atoms with Crippen molar-refractivity contribution in [1.82, 2.24) is 20.4 Å². The SMILES string of the molecule is O=C1C2=C(CCC=C2)C(=O)N1CCCNCCCCNCCCN1C(=O)c2ccccc2C1=O.